The Balaban J connectivity index is 2.91. The lowest BCUT2D eigenvalue weighted by molar-refractivity contribution is 0.0912. The van der Waals surface area contributed by atoms with Crippen molar-refractivity contribution in [2.45, 2.75) is 19.9 Å². The molecule has 6 heteroatoms. The number of hydrogen-bond donors (Lipinski definition) is 3. The van der Waals surface area contributed by atoms with Crippen LogP contribution in [0.25, 0.3) is 0 Å². The molecule has 1 aromatic rings. The summed E-state index contributed by atoms with van der Waals surface area (Å²) in [6, 6.07) is 1.23. The molecule has 18 heavy (non-hydrogen) atoms. The lowest BCUT2D eigenvalue weighted by Gasteiger charge is -2.19. The maximum atomic E-state index is 13.6. The minimum atomic E-state index is -0.947. The molecule has 0 heterocycles. The highest BCUT2D eigenvalue weighted by atomic mass is 19.1. The van der Waals surface area contributed by atoms with Crippen LogP contribution >= 0.6 is 0 Å². The molecule has 2 atom stereocenters. The number of hydrogen-bond acceptors (Lipinski definition) is 3. The molecular formula is C12H16F2N2O2. The van der Waals surface area contributed by atoms with Gasteiger partial charge in [-0.15, -0.1) is 0 Å². The van der Waals surface area contributed by atoms with E-state index >= 15 is 0 Å². The Kier molecular flexibility index (Phi) is 4.61. The first-order chi connectivity index (χ1) is 8.36. The maximum absolute atomic E-state index is 13.6. The third kappa shape index (κ3) is 3.16. The second-order valence-electron chi connectivity index (χ2n) is 4.28. The van der Waals surface area contributed by atoms with Crippen LogP contribution in [0.3, 0.4) is 0 Å². The van der Waals surface area contributed by atoms with E-state index in [4.69, 9.17) is 10.8 Å². The van der Waals surface area contributed by atoms with Crippen LogP contribution in [0.15, 0.2) is 12.1 Å². The lowest BCUT2D eigenvalue weighted by Crippen LogP contribution is -2.38. The van der Waals surface area contributed by atoms with Crippen molar-refractivity contribution in [3.8, 4) is 0 Å². The first kappa shape index (κ1) is 14.4. The standard InChI is InChI=1S/C12H16F2N2O2/c1-6(5-17)7(2)16-12(18)9-3-8(13)4-10(15)11(9)14/h3-4,6-7,17H,5,15H2,1-2H3,(H,16,18). The highest BCUT2D eigenvalue weighted by molar-refractivity contribution is 5.95. The Bertz CT molecular complexity index is 452. The van der Waals surface area contributed by atoms with E-state index in [1.54, 1.807) is 13.8 Å². The summed E-state index contributed by atoms with van der Waals surface area (Å²) in [4.78, 5) is 11.7. The van der Waals surface area contributed by atoms with Crippen molar-refractivity contribution in [1.82, 2.24) is 5.32 Å². The first-order valence-corrected chi connectivity index (χ1v) is 5.53. The fourth-order valence-electron chi connectivity index (χ4n) is 1.36. The van der Waals surface area contributed by atoms with Crippen LogP contribution in [0, 0.1) is 17.6 Å². The second-order valence-corrected chi connectivity index (χ2v) is 4.28. The number of nitrogens with two attached hydrogens (primary N) is 1. The van der Waals surface area contributed by atoms with Crippen molar-refractivity contribution in [2.24, 2.45) is 5.92 Å². The van der Waals surface area contributed by atoms with Gasteiger partial charge in [-0.3, -0.25) is 4.79 Å². The Morgan fingerprint density at radius 3 is 2.61 bits per heavy atom. The summed E-state index contributed by atoms with van der Waals surface area (Å²) in [5.74, 6) is -2.67. The predicted molar refractivity (Wildman–Crippen MR) is 63.9 cm³/mol. The van der Waals surface area contributed by atoms with Crippen molar-refractivity contribution in [2.75, 3.05) is 12.3 Å². The molecule has 2 unspecified atom stereocenters. The number of aliphatic hydroxyl groups is 1. The van der Waals surface area contributed by atoms with Gasteiger partial charge in [0.15, 0.2) is 5.82 Å². The molecule has 1 aromatic carbocycles. The number of amides is 1. The monoisotopic (exact) mass is 258 g/mol. The molecule has 4 nitrogen and oxygen atoms in total. The van der Waals surface area contributed by atoms with Gasteiger partial charge in [-0.25, -0.2) is 8.78 Å². The van der Waals surface area contributed by atoms with Gasteiger partial charge in [-0.2, -0.15) is 0 Å². The van der Waals surface area contributed by atoms with Gasteiger partial charge in [0.25, 0.3) is 5.91 Å². The number of aliphatic hydroxyl groups excluding tert-OH is 1. The van der Waals surface area contributed by atoms with Gasteiger partial charge >= 0.3 is 0 Å². The summed E-state index contributed by atoms with van der Waals surface area (Å²) in [6.45, 7) is 3.27. The number of nitrogen functional groups attached to an aromatic ring is 1. The van der Waals surface area contributed by atoms with Gasteiger partial charge < -0.3 is 16.2 Å². The molecule has 1 rings (SSSR count). The Morgan fingerprint density at radius 2 is 2.06 bits per heavy atom. The van der Waals surface area contributed by atoms with E-state index < -0.39 is 28.8 Å². The second kappa shape index (κ2) is 5.77. The summed E-state index contributed by atoms with van der Waals surface area (Å²) in [7, 11) is 0. The van der Waals surface area contributed by atoms with Gasteiger partial charge in [-0.1, -0.05) is 6.92 Å². The summed E-state index contributed by atoms with van der Waals surface area (Å²) in [5.41, 5.74) is 4.39. The molecule has 0 spiro atoms. The molecule has 0 bridgehead atoms. The first-order valence-electron chi connectivity index (χ1n) is 5.53. The molecule has 100 valence electrons. The van der Waals surface area contributed by atoms with Gasteiger partial charge in [-0.05, 0) is 25.0 Å². The van der Waals surface area contributed by atoms with Crippen molar-refractivity contribution in [1.29, 1.82) is 0 Å². The van der Waals surface area contributed by atoms with E-state index in [-0.39, 0.29) is 18.6 Å². The molecule has 0 radical (unpaired) electrons. The predicted octanol–water partition coefficient (Wildman–Crippen LogP) is 1.29. The van der Waals surface area contributed by atoms with Crippen LogP contribution in [-0.2, 0) is 0 Å². The largest absolute Gasteiger partial charge is 0.396 e. The zero-order valence-corrected chi connectivity index (χ0v) is 10.2. The molecule has 0 aliphatic heterocycles. The number of carbonyl (C=O) groups is 1. The minimum Gasteiger partial charge on any atom is -0.396 e. The quantitative estimate of drug-likeness (QED) is 0.712. The Labute approximate surface area is 104 Å². The fourth-order valence-corrected chi connectivity index (χ4v) is 1.36. The van der Waals surface area contributed by atoms with Gasteiger partial charge in [0.2, 0.25) is 0 Å². The molecule has 0 aromatic heterocycles. The van der Waals surface area contributed by atoms with Crippen molar-refractivity contribution in [3.63, 3.8) is 0 Å². The fraction of sp³-hybridized carbons (Fsp3) is 0.417. The van der Waals surface area contributed by atoms with Gasteiger partial charge in [0.1, 0.15) is 5.82 Å². The lowest BCUT2D eigenvalue weighted by atomic mass is 10.0. The zero-order valence-electron chi connectivity index (χ0n) is 10.2. The normalized spacial score (nSPS) is 14.1. The van der Waals surface area contributed by atoms with E-state index in [9.17, 15) is 13.6 Å². The molecule has 0 aliphatic carbocycles. The molecule has 0 fully saturated rings. The Hall–Kier alpha value is -1.69. The SMILES string of the molecule is CC(CO)C(C)NC(=O)c1cc(F)cc(N)c1F. The van der Waals surface area contributed by atoms with Crippen LogP contribution in [0.1, 0.15) is 24.2 Å². The van der Waals surface area contributed by atoms with Crippen LogP contribution in [-0.4, -0.2) is 23.7 Å². The van der Waals surface area contributed by atoms with Crippen LogP contribution in [0.2, 0.25) is 0 Å². The molecule has 4 N–H and O–H groups in total. The Morgan fingerprint density at radius 1 is 1.44 bits per heavy atom. The van der Waals surface area contributed by atoms with Crippen LogP contribution in [0.4, 0.5) is 14.5 Å². The number of halogens is 2. The van der Waals surface area contributed by atoms with Crippen molar-refractivity contribution >= 4 is 11.6 Å². The van der Waals surface area contributed by atoms with Crippen molar-refractivity contribution < 1.29 is 18.7 Å². The highest BCUT2D eigenvalue weighted by Crippen LogP contribution is 2.17. The summed E-state index contributed by atoms with van der Waals surface area (Å²) in [5, 5.41) is 11.4. The maximum Gasteiger partial charge on any atom is 0.254 e. The molecular weight excluding hydrogens is 242 g/mol. The summed E-state index contributed by atoms with van der Waals surface area (Å²) >= 11 is 0. The molecule has 0 saturated carbocycles. The van der Waals surface area contributed by atoms with Crippen molar-refractivity contribution in [3.05, 3.63) is 29.3 Å². The summed E-state index contributed by atoms with van der Waals surface area (Å²) in [6.07, 6.45) is 0. The molecule has 1 amide bonds. The average molecular weight is 258 g/mol. The smallest absolute Gasteiger partial charge is 0.254 e. The zero-order chi connectivity index (χ0) is 13.9. The highest BCUT2D eigenvalue weighted by Gasteiger charge is 2.19. The molecule has 0 saturated heterocycles. The number of anilines is 1. The van der Waals surface area contributed by atoms with Gasteiger partial charge in [0, 0.05) is 12.6 Å². The number of nitrogens with one attached hydrogen (secondary N) is 1. The van der Waals surface area contributed by atoms with Crippen LogP contribution in [0.5, 0.6) is 0 Å². The minimum absolute atomic E-state index is 0.116. The molecule has 0 aliphatic rings. The van der Waals surface area contributed by atoms with E-state index in [0.29, 0.717) is 0 Å². The number of rotatable bonds is 4. The van der Waals surface area contributed by atoms with E-state index in [1.165, 1.54) is 0 Å². The average Bonchev–Trinajstić information content (AvgIpc) is 2.32. The topological polar surface area (TPSA) is 75.3 Å². The van der Waals surface area contributed by atoms with E-state index in [0.717, 1.165) is 12.1 Å². The number of benzene rings is 1. The van der Waals surface area contributed by atoms with E-state index in [2.05, 4.69) is 5.32 Å². The third-order valence-electron chi connectivity index (χ3n) is 2.81. The van der Waals surface area contributed by atoms with E-state index in [1.807, 2.05) is 0 Å². The third-order valence-corrected chi connectivity index (χ3v) is 2.81. The summed E-state index contributed by atoms with van der Waals surface area (Å²) < 4.78 is 26.6. The van der Waals surface area contributed by atoms with Crippen LogP contribution < -0.4 is 11.1 Å². The number of carbonyl (C=O) groups excluding carboxylic acids is 1. The van der Waals surface area contributed by atoms with Gasteiger partial charge in [0.05, 0.1) is 11.3 Å².